The van der Waals surface area contributed by atoms with E-state index in [0.29, 0.717) is 33.7 Å². The van der Waals surface area contributed by atoms with E-state index >= 15 is 0 Å². The summed E-state index contributed by atoms with van der Waals surface area (Å²) in [7, 11) is 3.00. The fourth-order valence-electron chi connectivity index (χ4n) is 4.45. The van der Waals surface area contributed by atoms with E-state index in [1.807, 2.05) is 0 Å². The second-order valence-electron chi connectivity index (χ2n) is 8.73. The lowest BCUT2D eigenvalue weighted by Gasteiger charge is -2.24. The summed E-state index contributed by atoms with van der Waals surface area (Å²) in [6, 6.07) is 12.4. The van der Waals surface area contributed by atoms with Crippen molar-refractivity contribution in [1.82, 2.24) is 4.98 Å². The highest BCUT2D eigenvalue weighted by molar-refractivity contribution is 7.17. The number of aliphatic hydroxyl groups excluding tert-OH is 1. The summed E-state index contributed by atoms with van der Waals surface area (Å²) in [4.78, 5) is 45.8. The van der Waals surface area contributed by atoms with Crippen molar-refractivity contribution in [1.29, 1.82) is 0 Å². The summed E-state index contributed by atoms with van der Waals surface area (Å²) in [5.41, 5.74) is 0.989. The molecule has 4 aromatic rings. The number of aliphatic hydroxyl groups is 1. The first-order valence-electron chi connectivity index (χ1n) is 12.1. The van der Waals surface area contributed by atoms with Gasteiger partial charge in [-0.25, -0.2) is 9.78 Å². The van der Waals surface area contributed by atoms with E-state index in [1.165, 1.54) is 31.3 Å². The number of fused-ring (bicyclic) bond motifs is 1. The number of anilines is 1. The molecule has 10 nitrogen and oxygen atoms in total. The summed E-state index contributed by atoms with van der Waals surface area (Å²) in [6.07, 6.45) is 1.44. The summed E-state index contributed by atoms with van der Waals surface area (Å²) in [6.45, 7) is 5.14. The number of methoxy groups -OCH3 is 2. The number of thiazole rings is 1. The standard InChI is InChI=1S/C29H24N2O8S/c1-5-13-38-28(35)26-15(2)30-29(40-26)31-22(16-9-11-18(36-3)12-10-16)21(24(33)27(31)34)23(32)20-14-17-7-6-8-19(37-4)25(17)39-20/h5-12,14,22,33H,1,13H2,2-4H3. The monoisotopic (exact) mass is 560 g/mol. The summed E-state index contributed by atoms with van der Waals surface area (Å²) >= 11 is 0.917. The Morgan fingerprint density at radius 3 is 2.60 bits per heavy atom. The number of carbonyl (C=O) groups is 3. The summed E-state index contributed by atoms with van der Waals surface area (Å²) in [5, 5.41) is 11.8. The van der Waals surface area contributed by atoms with Crippen LogP contribution in [0.25, 0.3) is 11.0 Å². The summed E-state index contributed by atoms with van der Waals surface area (Å²) in [5.74, 6) is -2.01. The minimum absolute atomic E-state index is 0.00586. The summed E-state index contributed by atoms with van der Waals surface area (Å²) < 4.78 is 21.6. The number of nitrogens with zero attached hydrogens (tertiary/aromatic N) is 2. The molecule has 1 aliphatic rings. The van der Waals surface area contributed by atoms with Crippen LogP contribution < -0.4 is 14.4 Å². The number of hydrogen-bond acceptors (Lipinski definition) is 10. The van der Waals surface area contributed by atoms with E-state index in [9.17, 15) is 19.5 Å². The zero-order chi connectivity index (χ0) is 28.6. The number of Topliss-reactive ketones (excluding diaryl/α,β-unsaturated/α-hetero) is 1. The van der Waals surface area contributed by atoms with E-state index in [4.69, 9.17) is 18.6 Å². The minimum atomic E-state index is -1.08. The Morgan fingerprint density at radius 2 is 1.93 bits per heavy atom. The molecule has 0 bridgehead atoms. The largest absolute Gasteiger partial charge is 0.503 e. The van der Waals surface area contributed by atoms with Crippen LogP contribution in [-0.4, -0.2) is 48.6 Å². The van der Waals surface area contributed by atoms with Crippen molar-refractivity contribution in [2.24, 2.45) is 0 Å². The lowest BCUT2D eigenvalue weighted by atomic mass is 9.95. The van der Waals surface area contributed by atoms with Gasteiger partial charge >= 0.3 is 5.97 Å². The number of amides is 1. The quantitative estimate of drug-likeness (QED) is 0.164. The molecule has 1 N–H and O–H groups in total. The van der Waals surface area contributed by atoms with E-state index in [-0.39, 0.29) is 27.9 Å². The van der Waals surface area contributed by atoms with Crippen LogP contribution in [0.1, 0.15) is 37.5 Å². The first kappa shape index (κ1) is 26.7. The third-order valence-corrected chi connectivity index (χ3v) is 7.48. The van der Waals surface area contributed by atoms with Crippen molar-refractivity contribution in [3.8, 4) is 11.5 Å². The highest BCUT2D eigenvalue weighted by Crippen LogP contribution is 2.44. The first-order chi connectivity index (χ1) is 19.3. The molecule has 40 heavy (non-hydrogen) atoms. The highest BCUT2D eigenvalue weighted by atomic mass is 32.1. The number of carbonyl (C=O) groups excluding carboxylic acids is 3. The van der Waals surface area contributed by atoms with Crippen LogP contribution in [0.4, 0.5) is 5.13 Å². The van der Waals surface area contributed by atoms with Crippen LogP contribution in [0.2, 0.25) is 0 Å². The normalized spacial score (nSPS) is 15.0. The van der Waals surface area contributed by atoms with Gasteiger partial charge in [0.05, 0.1) is 31.5 Å². The Bertz CT molecular complexity index is 1680. The molecule has 1 atom stereocenters. The molecular formula is C29H24N2O8S. The van der Waals surface area contributed by atoms with Crippen molar-refractivity contribution in [2.75, 3.05) is 25.7 Å². The van der Waals surface area contributed by atoms with Crippen molar-refractivity contribution in [3.63, 3.8) is 0 Å². The number of benzene rings is 2. The Hall–Kier alpha value is -4.90. The number of ether oxygens (including phenoxy) is 3. The second kappa shape index (κ2) is 10.7. The van der Waals surface area contributed by atoms with E-state index in [2.05, 4.69) is 11.6 Å². The van der Waals surface area contributed by atoms with Gasteiger partial charge in [-0.3, -0.25) is 14.5 Å². The zero-order valence-electron chi connectivity index (χ0n) is 21.8. The number of aryl methyl sites for hydroxylation is 1. The molecular weight excluding hydrogens is 536 g/mol. The first-order valence-corrected chi connectivity index (χ1v) is 12.9. The topological polar surface area (TPSA) is 128 Å². The van der Waals surface area contributed by atoms with Crippen molar-refractivity contribution >= 4 is 45.1 Å². The molecule has 0 saturated heterocycles. The Morgan fingerprint density at radius 1 is 1.18 bits per heavy atom. The fraction of sp³-hybridized carbons (Fsp3) is 0.172. The van der Waals surface area contributed by atoms with E-state index in [0.717, 1.165) is 11.3 Å². The number of rotatable bonds is 9. The molecule has 2 aromatic carbocycles. The molecule has 2 aromatic heterocycles. The Labute approximate surface area is 232 Å². The van der Waals surface area contributed by atoms with Gasteiger partial charge in [-0.1, -0.05) is 48.3 Å². The predicted molar refractivity (Wildman–Crippen MR) is 147 cm³/mol. The van der Waals surface area contributed by atoms with E-state index in [1.54, 1.807) is 49.4 Å². The third kappa shape index (κ3) is 4.50. The van der Waals surface area contributed by atoms with Crippen LogP contribution >= 0.6 is 11.3 Å². The molecule has 0 fully saturated rings. The fourth-order valence-corrected chi connectivity index (χ4v) is 5.44. The van der Waals surface area contributed by atoms with Crippen LogP contribution in [0.3, 0.4) is 0 Å². The number of hydrogen-bond donors (Lipinski definition) is 1. The lowest BCUT2D eigenvalue weighted by molar-refractivity contribution is -0.117. The number of furan rings is 1. The molecule has 3 heterocycles. The Balaban J connectivity index is 1.62. The third-order valence-electron chi connectivity index (χ3n) is 6.35. The van der Waals surface area contributed by atoms with Gasteiger partial charge in [-0.15, -0.1) is 0 Å². The van der Waals surface area contributed by atoms with Crippen LogP contribution in [0.5, 0.6) is 11.5 Å². The van der Waals surface area contributed by atoms with Gasteiger partial charge in [0, 0.05) is 5.39 Å². The lowest BCUT2D eigenvalue weighted by Crippen LogP contribution is -2.31. The average Bonchev–Trinajstić information content (AvgIpc) is 3.65. The van der Waals surface area contributed by atoms with Crippen LogP contribution in [0, 0.1) is 6.92 Å². The Kier molecular flexibility index (Phi) is 7.14. The zero-order valence-corrected chi connectivity index (χ0v) is 22.6. The molecule has 11 heteroatoms. The number of ketones is 1. The molecule has 1 unspecified atom stereocenters. The van der Waals surface area contributed by atoms with Gasteiger partial charge in [0.25, 0.3) is 5.91 Å². The molecule has 0 saturated carbocycles. The van der Waals surface area contributed by atoms with Crippen LogP contribution in [-0.2, 0) is 9.53 Å². The van der Waals surface area contributed by atoms with Crippen LogP contribution in [0.15, 0.2) is 76.9 Å². The van der Waals surface area contributed by atoms with Gasteiger partial charge < -0.3 is 23.7 Å². The van der Waals surface area contributed by atoms with Gasteiger partial charge in [-0.2, -0.15) is 0 Å². The molecule has 5 rings (SSSR count). The SMILES string of the molecule is C=CCOC(=O)c1sc(N2C(=O)C(O)=C(C(=O)c3cc4cccc(OC)c4o3)C2c2ccc(OC)cc2)nc1C. The minimum Gasteiger partial charge on any atom is -0.503 e. The smallest absolute Gasteiger partial charge is 0.350 e. The number of aromatic nitrogens is 1. The predicted octanol–water partition coefficient (Wildman–Crippen LogP) is 5.34. The van der Waals surface area contributed by atoms with Gasteiger partial charge in [0.15, 0.2) is 28.0 Å². The van der Waals surface area contributed by atoms with Gasteiger partial charge in [0.1, 0.15) is 17.2 Å². The molecule has 0 aliphatic carbocycles. The van der Waals surface area contributed by atoms with Crippen molar-refractivity contribution < 1.29 is 38.1 Å². The highest BCUT2D eigenvalue weighted by Gasteiger charge is 2.47. The van der Waals surface area contributed by atoms with E-state index < -0.39 is 29.5 Å². The maximum atomic E-state index is 13.9. The van der Waals surface area contributed by atoms with Gasteiger partial charge in [0.2, 0.25) is 5.78 Å². The van der Waals surface area contributed by atoms with Gasteiger partial charge in [-0.05, 0) is 36.8 Å². The molecule has 1 aliphatic heterocycles. The van der Waals surface area contributed by atoms with Crippen molar-refractivity contribution in [3.05, 3.63) is 94.4 Å². The molecule has 0 radical (unpaired) electrons. The molecule has 1 amide bonds. The second-order valence-corrected chi connectivity index (χ2v) is 9.71. The number of para-hydroxylation sites is 1. The molecule has 0 spiro atoms. The average molecular weight is 561 g/mol. The maximum absolute atomic E-state index is 13.9. The number of esters is 1. The van der Waals surface area contributed by atoms with Crippen molar-refractivity contribution in [2.45, 2.75) is 13.0 Å². The molecule has 204 valence electrons. The maximum Gasteiger partial charge on any atom is 0.350 e.